The van der Waals surface area contributed by atoms with Gasteiger partial charge in [-0.05, 0) is 32.0 Å². The third-order valence-electron chi connectivity index (χ3n) is 4.55. The lowest BCUT2D eigenvalue weighted by molar-refractivity contribution is 0.0774. The standard InChI is InChI=1S/C20H20N6O2/c1-12-9-15(18-13(2)23-26(4)19(18)22-12)20(27)25(3)11-14-10-17(24-28-14)16-7-5-6-8-21-16/h5-10H,11H2,1-4H3. The fourth-order valence-corrected chi connectivity index (χ4v) is 3.27. The van der Waals surface area contributed by atoms with Gasteiger partial charge >= 0.3 is 0 Å². The van der Waals surface area contributed by atoms with Gasteiger partial charge in [-0.3, -0.25) is 14.5 Å². The highest BCUT2D eigenvalue weighted by Crippen LogP contribution is 2.24. The maximum absolute atomic E-state index is 13.1. The van der Waals surface area contributed by atoms with Gasteiger partial charge in [-0.25, -0.2) is 4.98 Å². The smallest absolute Gasteiger partial charge is 0.254 e. The van der Waals surface area contributed by atoms with Gasteiger partial charge in [-0.1, -0.05) is 11.2 Å². The van der Waals surface area contributed by atoms with Crippen LogP contribution in [-0.2, 0) is 13.6 Å². The van der Waals surface area contributed by atoms with Crippen LogP contribution in [0.15, 0.2) is 41.1 Å². The third kappa shape index (κ3) is 3.13. The molecule has 4 aromatic heterocycles. The van der Waals surface area contributed by atoms with Crippen LogP contribution in [0, 0.1) is 13.8 Å². The van der Waals surface area contributed by atoms with Crippen molar-refractivity contribution in [2.45, 2.75) is 20.4 Å². The van der Waals surface area contributed by atoms with Crippen molar-refractivity contribution in [3.05, 3.63) is 59.2 Å². The predicted molar refractivity (Wildman–Crippen MR) is 104 cm³/mol. The number of hydrogen-bond acceptors (Lipinski definition) is 6. The highest BCUT2D eigenvalue weighted by molar-refractivity contribution is 6.06. The van der Waals surface area contributed by atoms with Crippen LogP contribution in [0.5, 0.6) is 0 Å². The zero-order valence-electron chi connectivity index (χ0n) is 16.2. The molecule has 0 spiro atoms. The molecular weight excluding hydrogens is 356 g/mol. The molecular formula is C20H20N6O2. The van der Waals surface area contributed by atoms with Gasteiger partial charge in [0, 0.05) is 32.1 Å². The Morgan fingerprint density at radius 1 is 1.21 bits per heavy atom. The molecule has 0 aromatic carbocycles. The zero-order valence-corrected chi connectivity index (χ0v) is 16.2. The second-order valence-electron chi connectivity index (χ2n) is 6.77. The molecule has 0 fully saturated rings. The lowest BCUT2D eigenvalue weighted by Crippen LogP contribution is -2.26. The van der Waals surface area contributed by atoms with Crippen LogP contribution in [0.4, 0.5) is 0 Å². The van der Waals surface area contributed by atoms with Crippen LogP contribution < -0.4 is 0 Å². The lowest BCUT2D eigenvalue weighted by atomic mass is 10.1. The summed E-state index contributed by atoms with van der Waals surface area (Å²) in [6, 6.07) is 9.19. The molecule has 0 atom stereocenters. The normalized spacial score (nSPS) is 11.1. The SMILES string of the molecule is Cc1cc(C(=O)N(C)Cc2cc(-c3ccccn3)no2)c2c(C)nn(C)c2n1. The topological polar surface area (TPSA) is 89.9 Å². The number of fused-ring (bicyclic) bond motifs is 1. The van der Waals surface area contributed by atoms with E-state index in [0.29, 0.717) is 29.2 Å². The van der Waals surface area contributed by atoms with E-state index in [-0.39, 0.29) is 5.91 Å². The maximum Gasteiger partial charge on any atom is 0.254 e. The molecule has 28 heavy (non-hydrogen) atoms. The number of pyridine rings is 2. The van der Waals surface area contributed by atoms with Crippen LogP contribution in [0.25, 0.3) is 22.4 Å². The highest BCUT2D eigenvalue weighted by atomic mass is 16.5. The Balaban J connectivity index is 1.61. The number of amides is 1. The van der Waals surface area contributed by atoms with Gasteiger partial charge in [0.05, 0.1) is 28.9 Å². The summed E-state index contributed by atoms with van der Waals surface area (Å²) >= 11 is 0. The van der Waals surface area contributed by atoms with Crippen LogP contribution in [0.1, 0.15) is 27.5 Å². The van der Waals surface area contributed by atoms with Crippen molar-refractivity contribution in [1.82, 2.24) is 29.8 Å². The summed E-state index contributed by atoms with van der Waals surface area (Å²) in [5, 5.41) is 9.23. The molecule has 0 aliphatic heterocycles. The second kappa shape index (κ2) is 6.88. The van der Waals surface area contributed by atoms with E-state index < -0.39 is 0 Å². The van der Waals surface area contributed by atoms with Crippen molar-refractivity contribution >= 4 is 16.9 Å². The first kappa shape index (κ1) is 17.8. The van der Waals surface area contributed by atoms with Gasteiger partial charge in [-0.15, -0.1) is 0 Å². The minimum absolute atomic E-state index is 0.123. The summed E-state index contributed by atoms with van der Waals surface area (Å²) in [5.74, 6) is 0.462. The quantitative estimate of drug-likeness (QED) is 0.544. The minimum atomic E-state index is -0.123. The number of aryl methyl sites for hydroxylation is 3. The summed E-state index contributed by atoms with van der Waals surface area (Å²) < 4.78 is 7.10. The molecule has 8 nitrogen and oxygen atoms in total. The average Bonchev–Trinajstić information content (AvgIpc) is 3.26. The molecule has 4 rings (SSSR count). The number of aromatic nitrogens is 5. The number of rotatable bonds is 4. The molecule has 0 N–H and O–H groups in total. The Morgan fingerprint density at radius 2 is 2.04 bits per heavy atom. The molecule has 142 valence electrons. The van der Waals surface area contributed by atoms with Crippen molar-refractivity contribution < 1.29 is 9.32 Å². The predicted octanol–water partition coefficient (Wildman–Crippen LogP) is 2.91. The molecule has 8 heteroatoms. The summed E-state index contributed by atoms with van der Waals surface area (Å²) in [4.78, 5) is 23.5. The summed E-state index contributed by atoms with van der Waals surface area (Å²) in [7, 11) is 3.56. The Hall–Kier alpha value is -3.55. The third-order valence-corrected chi connectivity index (χ3v) is 4.55. The highest BCUT2D eigenvalue weighted by Gasteiger charge is 2.21. The van der Waals surface area contributed by atoms with Crippen molar-refractivity contribution in [3.63, 3.8) is 0 Å². The van der Waals surface area contributed by atoms with Gasteiger partial charge in [0.15, 0.2) is 11.4 Å². The number of nitrogens with zero attached hydrogens (tertiary/aromatic N) is 6. The van der Waals surface area contributed by atoms with E-state index in [4.69, 9.17) is 4.52 Å². The molecule has 1 amide bonds. The van der Waals surface area contributed by atoms with Crippen LogP contribution in [-0.4, -0.2) is 42.8 Å². The van der Waals surface area contributed by atoms with Crippen molar-refractivity contribution in [2.75, 3.05) is 7.05 Å². The van der Waals surface area contributed by atoms with Gasteiger partial charge in [-0.2, -0.15) is 5.10 Å². The van der Waals surface area contributed by atoms with E-state index in [2.05, 4.69) is 20.2 Å². The first-order valence-corrected chi connectivity index (χ1v) is 8.87. The Morgan fingerprint density at radius 3 is 2.79 bits per heavy atom. The van der Waals surface area contributed by atoms with Crippen molar-refractivity contribution in [3.8, 4) is 11.4 Å². The summed E-state index contributed by atoms with van der Waals surface area (Å²) in [6.45, 7) is 4.04. The molecule has 4 aromatic rings. The Labute approximate surface area is 161 Å². The fourth-order valence-electron chi connectivity index (χ4n) is 3.27. The van der Waals surface area contributed by atoms with E-state index in [0.717, 1.165) is 22.5 Å². The van der Waals surface area contributed by atoms with Gasteiger partial charge in [0.2, 0.25) is 0 Å². The molecule has 0 bridgehead atoms. The van der Waals surface area contributed by atoms with E-state index in [1.807, 2.05) is 39.1 Å². The van der Waals surface area contributed by atoms with Crippen molar-refractivity contribution in [2.24, 2.45) is 7.05 Å². The van der Waals surface area contributed by atoms with Crippen LogP contribution in [0.2, 0.25) is 0 Å². The lowest BCUT2D eigenvalue weighted by Gasteiger charge is -2.16. The first-order chi connectivity index (χ1) is 13.4. The van der Waals surface area contributed by atoms with Gasteiger partial charge in [0.1, 0.15) is 5.69 Å². The van der Waals surface area contributed by atoms with Gasteiger partial charge < -0.3 is 9.42 Å². The molecule has 0 saturated carbocycles. The summed E-state index contributed by atoms with van der Waals surface area (Å²) in [5.41, 5.74) is 4.19. The first-order valence-electron chi connectivity index (χ1n) is 8.87. The Kier molecular flexibility index (Phi) is 4.38. The monoisotopic (exact) mass is 376 g/mol. The second-order valence-corrected chi connectivity index (χ2v) is 6.77. The molecule has 0 radical (unpaired) electrons. The van der Waals surface area contributed by atoms with E-state index in [9.17, 15) is 4.79 Å². The molecule has 0 aliphatic carbocycles. The maximum atomic E-state index is 13.1. The zero-order chi connectivity index (χ0) is 19.8. The van der Waals surface area contributed by atoms with E-state index in [1.54, 1.807) is 35.0 Å². The number of carbonyl (C=O) groups is 1. The molecule has 0 unspecified atom stereocenters. The van der Waals surface area contributed by atoms with Crippen LogP contribution >= 0.6 is 0 Å². The molecule has 0 aliphatic rings. The van der Waals surface area contributed by atoms with E-state index in [1.165, 1.54) is 0 Å². The van der Waals surface area contributed by atoms with Crippen molar-refractivity contribution in [1.29, 1.82) is 0 Å². The number of hydrogen-bond donors (Lipinski definition) is 0. The minimum Gasteiger partial charge on any atom is -0.359 e. The van der Waals surface area contributed by atoms with E-state index >= 15 is 0 Å². The molecule has 4 heterocycles. The van der Waals surface area contributed by atoms with Crippen LogP contribution in [0.3, 0.4) is 0 Å². The Bertz CT molecular complexity index is 1160. The van der Waals surface area contributed by atoms with Gasteiger partial charge in [0.25, 0.3) is 5.91 Å². The number of carbonyl (C=O) groups excluding carboxylic acids is 1. The molecule has 0 saturated heterocycles. The summed E-state index contributed by atoms with van der Waals surface area (Å²) in [6.07, 6.45) is 1.70. The fraction of sp³-hybridized carbons (Fsp3) is 0.250. The largest absolute Gasteiger partial charge is 0.359 e. The average molecular weight is 376 g/mol.